The lowest BCUT2D eigenvalue weighted by Gasteiger charge is -2.13. The molecule has 3 rings (SSSR count). The number of hydrogen-bond donors (Lipinski definition) is 2. The topological polar surface area (TPSA) is 93.7 Å². The van der Waals surface area contributed by atoms with E-state index in [2.05, 4.69) is 10.6 Å². The van der Waals surface area contributed by atoms with Crippen LogP contribution in [0.15, 0.2) is 35.7 Å². The number of methoxy groups -OCH3 is 1. The first-order chi connectivity index (χ1) is 14.0. The zero-order valence-electron chi connectivity index (χ0n) is 16.4. The number of rotatable bonds is 9. The molecule has 0 saturated heterocycles. The minimum Gasteiger partial charge on any atom is -0.452 e. The van der Waals surface area contributed by atoms with E-state index in [4.69, 9.17) is 9.47 Å². The van der Waals surface area contributed by atoms with Crippen LogP contribution < -0.4 is 10.6 Å². The van der Waals surface area contributed by atoms with Gasteiger partial charge in [-0.3, -0.25) is 9.59 Å². The largest absolute Gasteiger partial charge is 0.452 e. The molecule has 0 radical (unpaired) electrons. The molecule has 2 amide bonds. The maximum atomic E-state index is 12.8. The third kappa shape index (κ3) is 5.65. The summed E-state index contributed by atoms with van der Waals surface area (Å²) in [4.78, 5) is 37.1. The highest BCUT2D eigenvalue weighted by Gasteiger charge is 2.32. The number of ether oxygens (including phenoxy) is 2. The van der Waals surface area contributed by atoms with Crippen molar-refractivity contribution in [2.75, 3.05) is 25.6 Å². The molecular weight excluding hydrogens is 392 g/mol. The molecule has 1 aromatic heterocycles. The quantitative estimate of drug-likeness (QED) is 0.613. The van der Waals surface area contributed by atoms with E-state index in [-0.39, 0.29) is 23.4 Å². The van der Waals surface area contributed by atoms with Crippen molar-refractivity contribution in [1.82, 2.24) is 5.32 Å². The molecule has 2 aromatic rings. The standard InChI is InChI=1S/C21H24N2O5S/c1-13(10-27-2)22-17(24)11-28-21(26)18-16(14-6-4-3-5-7-14)12-29-20(18)23-19(25)15-8-9-15/h3-7,12-13,15H,8-11H2,1-2H3,(H,22,24)(H,23,25)/t13-/m0/s1. The maximum Gasteiger partial charge on any atom is 0.342 e. The Labute approximate surface area is 173 Å². The molecule has 1 fully saturated rings. The number of anilines is 1. The normalized spacial score (nSPS) is 14.1. The lowest BCUT2D eigenvalue weighted by Crippen LogP contribution is -2.38. The first-order valence-corrected chi connectivity index (χ1v) is 10.3. The Balaban J connectivity index is 1.75. The van der Waals surface area contributed by atoms with Gasteiger partial charge in [0.1, 0.15) is 10.6 Å². The molecule has 0 aliphatic heterocycles. The Morgan fingerprint density at radius 3 is 2.59 bits per heavy atom. The van der Waals surface area contributed by atoms with E-state index in [1.807, 2.05) is 35.7 Å². The maximum absolute atomic E-state index is 12.8. The number of nitrogens with one attached hydrogen (secondary N) is 2. The number of carbonyl (C=O) groups is 3. The summed E-state index contributed by atoms with van der Waals surface area (Å²) in [5.74, 6) is -1.14. The fraction of sp³-hybridized carbons (Fsp3) is 0.381. The van der Waals surface area contributed by atoms with Gasteiger partial charge in [0.15, 0.2) is 6.61 Å². The smallest absolute Gasteiger partial charge is 0.342 e. The van der Waals surface area contributed by atoms with Crippen molar-refractivity contribution in [1.29, 1.82) is 0 Å². The van der Waals surface area contributed by atoms with Gasteiger partial charge >= 0.3 is 5.97 Å². The number of thiophene rings is 1. The number of hydrogen-bond acceptors (Lipinski definition) is 6. The number of amides is 2. The zero-order valence-corrected chi connectivity index (χ0v) is 17.2. The van der Waals surface area contributed by atoms with Crippen LogP contribution in [0.3, 0.4) is 0 Å². The van der Waals surface area contributed by atoms with E-state index >= 15 is 0 Å². The van der Waals surface area contributed by atoms with Crippen LogP contribution in [0.4, 0.5) is 5.00 Å². The minimum absolute atomic E-state index is 0.00851. The van der Waals surface area contributed by atoms with Crippen molar-refractivity contribution >= 4 is 34.1 Å². The first kappa shape index (κ1) is 21.0. The zero-order chi connectivity index (χ0) is 20.8. The van der Waals surface area contributed by atoms with Crippen LogP contribution in [-0.2, 0) is 19.1 Å². The second-order valence-corrected chi connectivity index (χ2v) is 7.86. The molecule has 0 unspecified atom stereocenters. The summed E-state index contributed by atoms with van der Waals surface area (Å²) < 4.78 is 10.2. The summed E-state index contributed by atoms with van der Waals surface area (Å²) in [7, 11) is 1.54. The monoisotopic (exact) mass is 416 g/mol. The van der Waals surface area contributed by atoms with Gasteiger partial charge in [0.05, 0.1) is 6.61 Å². The number of carbonyl (C=O) groups excluding carboxylic acids is 3. The molecule has 1 aliphatic rings. The van der Waals surface area contributed by atoms with Crippen LogP contribution in [0, 0.1) is 5.92 Å². The molecule has 2 N–H and O–H groups in total. The summed E-state index contributed by atoms with van der Waals surface area (Å²) >= 11 is 1.27. The second kappa shape index (κ2) is 9.67. The molecule has 1 aliphatic carbocycles. The molecule has 1 aromatic carbocycles. The van der Waals surface area contributed by atoms with E-state index in [0.717, 1.165) is 18.4 Å². The van der Waals surface area contributed by atoms with Crippen molar-refractivity contribution in [2.24, 2.45) is 5.92 Å². The lowest BCUT2D eigenvalue weighted by molar-refractivity contribution is -0.125. The fourth-order valence-corrected chi connectivity index (χ4v) is 3.81. The van der Waals surface area contributed by atoms with Gasteiger partial charge < -0.3 is 20.1 Å². The molecule has 0 bridgehead atoms. The Kier molecular flexibility index (Phi) is 7.00. The molecule has 1 atom stereocenters. The van der Waals surface area contributed by atoms with Crippen molar-refractivity contribution in [3.05, 3.63) is 41.3 Å². The Hall–Kier alpha value is -2.71. The number of benzene rings is 1. The average molecular weight is 416 g/mol. The van der Waals surface area contributed by atoms with E-state index in [0.29, 0.717) is 17.2 Å². The third-order valence-electron chi connectivity index (χ3n) is 4.42. The van der Waals surface area contributed by atoms with E-state index in [1.54, 1.807) is 14.0 Å². The Bertz CT molecular complexity index is 876. The fourth-order valence-electron chi connectivity index (χ4n) is 2.85. The predicted molar refractivity (Wildman–Crippen MR) is 111 cm³/mol. The Morgan fingerprint density at radius 1 is 1.21 bits per heavy atom. The van der Waals surface area contributed by atoms with Crippen LogP contribution >= 0.6 is 11.3 Å². The molecule has 1 saturated carbocycles. The van der Waals surface area contributed by atoms with Gasteiger partial charge in [-0.15, -0.1) is 11.3 Å². The van der Waals surface area contributed by atoms with Crippen molar-refractivity contribution in [2.45, 2.75) is 25.8 Å². The molecule has 154 valence electrons. The Morgan fingerprint density at radius 2 is 1.93 bits per heavy atom. The van der Waals surface area contributed by atoms with Crippen LogP contribution in [0.25, 0.3) is 11.1 Å². The van der Waals surface area contributed by atoms with Gasteiger partial charge in [-0.1, -0.05) is 30.3 Å². The highest BCUT2D eigenvalue weighted by Crippen LogP contribution is 2.38. The summed E-state index contributed by atoms with van der Waals surface area (Å²) in [6.45, 7) is 1.74. The average Bonchev–Trinajstić information content (AvgIpc) is 3.48. The van der Waals surface area contributed by atoms with Gasteiger partial charge in [-0.2, -0.15) is 0 Å². The second-order valence-electron chi connectivity index (χ2n) is 6.98. The van der Waals surface area contributed by atoms with Crippen molar-refractivity contribution < 1.29 is 23.9 Å². The third-order valence-corrected chi connectivity index (χ3v) is 5.32. The number of esters is 1. The van der Waals surface area contributed by atoms with E-state index in [1.165, 1.54) is 11.3 Å². The highest BCUT2D eigenvalue weighted by atomic mass is 32.1. The van der Waals surface area contributed by atoms with Crippen LogP contribution in [-0.4, -0.2) is 44.1 Å². The summed E-state index contributed by atoms with van der Waals surface area (Å²) in [6.07, 6.45) is 1.73. The van der Waals surface area contributed by atoms with Gasteiger partial charge in [-0.25, -0.2) is 4.79 Å². The summed E-state index contributed by atoms with van der Waals surface area (Å²) in [5, 5.41) is 7.79. The van der Waals surface area contributed by atoms with Crippen LogP contribution in [0.1, 0.15) is 30.1 Å². The molecule has 0 spiro atoms. The van der Waals surface area contributed by atoms with Gasteiger partial charge in [0.25, 0.3) is 5.91 Å². The molecule has 29 heavy (non-hydrogen) atoms. The molecule has 8 heteroatoms. The first-order valence-electron chi connectivity index (χ1n) is 9.42. The molecule has 7 nitrogen and oxygen atoms in total. The minimum atomic E-state index is -0.647. The summed E-state index contributed by atoms with van der Waals surface area (Å²) in [6, 6.07) is 9.19. The van der Waals surface area contributed by atoms with Crippen LogP contribution in [0.2, 0.25) is 0 Å². The van der Waals surface area contributed by atoms with E-state index < -0.39 is 18.5 Å². The lowest BCUT2D eigenvalue weighted by atomic mass is 10.0. The van der Waals surface area contributed by atoms with E-state index in [9.17, 15) is 14.4 Å². The molecular formula is C21H24N2O5S. The molecule has 1 heterocycles. The summed E-state index contributed by atoms with van der Waals surface area (Å²) in [5.41, 5.74) is 1.77. The van der Waals surface area contributed by atoms with Crippen molar-refractivity contribution in [3.63, 3.8) is 0 Å². The van der Waals surface area contributed by atoms with Gasteiger partial charge in [-0.05, 0) is 25.3 Å². The SMILES string of the molecule is COC[C@H](C)NC(=O)COC(=O)c1c(-c2ccccc2)csc1NC(=O)C1CC1. The van der Waals surface area contributed by atoms with Crippen LogP contribution in [0.5, 0.6) is 0 Å². The van der Waals surface area contributed by atoms with Gasteiger partial charge in [0.2, 0.25) is 5.91 Å². The predicted octanol–water partition coefficient (Wildman–Crippen LogP) is 3.07. The van der Waals surface area contributed by atoms with Crippen molar-refractivity contribution in [3.8, 4) is 11.1 Å². The van der Waals surface area contributed by atoms with Gasteiger partial charge in [0, 0.05) is 30.0 Å². The highest BCUT2D eigenvalue weighted by molar-refractivity contribution is 7.15.